The number of amides is 2. The van der Waals surface area contributed by atoms with Crippen LogP contribution in [-0.4, -0.2) is 45.4 Å². The SMILES string of the molecule is CC(C)(C)OC(=O)N1CCC(c2c(C(=O)Nc3cc(Cl)ccc3Cl)cnn2-c2ccc(Cl)cc2)CC1. The lowest BCUT2D eigenvalue weighted by Gasteiger charge is -2.34. The highest BCUT2D eigenvalue weighted by atomic mass is 35.5. The van der Waals surface area contributed by atoms with Gasteiger partial charge in [-0.25, -0.2) is 9.48 Å². The second-order valence-corrected chi connectivity index (χ2v) is 10.9. The molecule has 10 heteroatoms. The molecule has 1 aliphatic rings. The minimum Gasteiger partial charge on any atom is -0.444 e. The first-order valence-electron chi connectivity index (χ1n) is 11.6. The lowest BCUT2D eigenvalue weighted by molar-refractivity contribution is 0.0203. The van der Waals surface area contributed by atoms with Crippen molar-refractivity contribution in [2.45, 2.75) is 45.1 Å². The number of nitrogens with one attached hydrogen (secondary N) is 1. The van der Waals surface area contributed by atoms with Crippen LogP contribution < -0.4 is 5.32 Å². The summed E-state index contributed by atoms with van der Waals surface area (Å²) in [5.74, 6) is -0.360. The lowest BCUT2D eigenvalue weighted by atomic mass is 9.90. The number of aromatic nitrogens is 2. The molecule has 36 heavy (non-hydrogen) atoms. The zero-order valence-corrected chi connectivity index (χ0v) is 22.5. The summed E-state index contributed by atoms with van der Waals surface area (Å²) < 4.78 is 7.29. The van der Waals surface area contributed by atoms with Gasteiger partial charge in [0, 0.05) is 29.1 Å². The minimum absolute atomic E-state index is 0.0163. The van der Waals surface area contributed by atoms with Crippen molar-refractivity contribution in [2.75, 3.05) is 18.4 Å². The van der Waals surface area contributed by atoms with E-state index in [9.17, 15) is 9.59 Å². The molecule has 2 aromatic carbocycles. The van der Waals surface area contributed by atoms with Crippen LogP contribution in [0.2, 0.25) is 15.1 Å². The van der Waals surface area contributed by atoms with Crippen LogP contribution in [0.4, 0.5) is 10.5 Å². The van der Waals surface area contributed by atoms with E-state index in [-0.39, 0.29) is 17.9 Å². The highest BCUT2D eigenvalue weighted by Crippen LogP contribution is 2.34. The Morgan fingerprint density at radius 1 is 1.00 bits per heavy atom. The average molecular weight is 550 g/mol. The number of piperidine rings is 1. The van der Waals surface area contributed by atoms with Crippen LogP contribution in [0, 0.1) is 0 Å². The van der Waals surface area contributed by atoms with Crippen molar-refractivity contribution in [3.8, 4) is 5.69 Å². The first-order valence-corrected chi connectivity index (χ1v) is 12.7. The van der Waals surface area contributed by atoms with E-state index in [0.29, 0.717) is 52.2 Å². The van der Waals surface area contributed by atoms with Gasteiger partial charge in [-0.2, -0.15) is 5.10 Å². The number of ether oxygens (including phenoxy) is 1. The van der Waals surface area contributed by atoms with Crippen molar-refractivity contribution < 1.29 is 14.3 Å². The first-order chi connectivity index (χ1) is 17.0. The predicted octanol–water partition coefficient (Wildman–Crippen LogP) is 7.20. The molecule has 1 fully saturated rings. The fourth-order valence-corrected chi connectivity index (χ4v) is 4.62. The molecule has 4 rings (SSSR count). The van der Waals surface area contributed by atoms with Crippen LogP contribution in [0.5, 0.6) is 0 Å². The van der Waals surface area contributed by atoms with Crippen molar-refractivity contribution in [3.63, 3.8) is 0 Å². The molecule has 2 heterocycles. The number of carbonyl (C=O) groups excluding carboxylic acids is 2. The molecule has 3 aromatic rings. The molecule has 0 bridgehead atoms. The smallest absolute Gasteiger partial charge is 0.410 e. The Morgan fingerprint density at radius 3 is 2.28 bits per heavy atom. The van der Waals surface area contributed by atoms with Crippen LogP contribution in [0.1, 0.15) is 55.6 Å². The quantitative estimate of drug-likeness (QED) is 0.373. The van der Waals surface area contributed by atoms with E-state index in [1.54, 1.807) is 46.1 Å². The van der Waals surface area contributed by atoms with E-state index in [2.05, 4.69) is 10.4 Å². The fourth-order valence-electron chi connectivity index (χ4n) is 4.16. The minimum atomic E-state index is -0.562. The molecular formula is C26H27Cl3N4O3. The summed E-state index contributed by atoms with van der Waals surface area (Å²) in [5.41, 5.74) is 1.82. The highest BCUT2D eigenvalue weighted by Gasteiger charge is 2.32. The Morgan fingerprint density at radius 2 is 1.64 bits per heavy atom. The Hall–Kier alpha value is -2.74. The summed E-state index contributed by atoms with van der Waals surface area (Å²) in [7, 11) is 0. The second kappa shape index (κ2) is 10.7. The Kier molecular flexibility index (Phi) is 7.83. The van der Waals surface area contributed by atoms with Crippen molar-refractivity contribution in [3.05, 3.63) is 75.0 Å². The molecule has 190 valence electrons. The van der Waals surface area contributed by atoms with Gasteiger partial charge in [0.15, 0.2) is 0 Å². The molecule has 0 radical (unpaired) electrons. The largest absolute Gasteiger partial charge is 0.444 e. The zero-order chi connectivity index (χ0) is 26.0. The van der Waals surface area contributed by atoms with E-state index >= 15 is 0 Å². The van der Waals surface area contributed by atoms with Crippen LogP contribution in [0.25, 0.3) is 5.69 Å². The van der Waals surface area contributed by atoms with Gasteiger partial charge in [0.25, 0.3) is 5.91 Å². The maximum Gasteiger partial charge on any atom is 0.410 e. The number of rotatable bonds is 4. The third kappa shape index (κ3) is 6.14. The lowest BCUT2D eigenvalue weighted by Crippen LogP contribution is -2.41. The molecule has 1 saturated heterocycles. The summed E-state index contributed by atoms with van der Waals surface area (Å²) in [5, 5.41) is 8.85. The van der Waals surface area contributed by atoms with E-state index in [4.69, 9.17) is 39.5 Å². The standard InChI is InChI=1S/C26H27Cl3N4O3/c1-26(2,3)36-25(35)32-12-10-16(11-13-32)23-20(15-30-33(23)19-7-4-17(27)5-8-19)24(34)31-22-14-18(28)6-9-21(22)29/h4-9,14-16H,10-13H2,1-3H3,(H,31,34). The number of hydrogen-bond donors (Lipinski definition) is 1. The molecule has 1 aromatic heterocycles. The van der Waals surface area contributed by atoms with Crippen LogP contribution >= 0.6 is 34.8 Å². The first kappa shape index (κ1) is 26.3. The third-order valence-electron chi connectivity index (χ3n) is 5.83. The van der Waals surface area contributed by atoms with Gasteiger partial charge in [-0.05, 0) is 76.1 Å². The molecule has 0 saturated carbocycles. The predicted molar refractivity (Wildman–Crippen MR) is 143 cm³/mol. The van der Waals surface area contributed by atoms with Gasteiger partial charge in [0.1, 0.15) is 5.60 Å². The van der Waals surface area contributed by atoms with E-state index in [0.717, 1.165) is 11.4 Å². The second-order valence-electron chi connectivity index (χ2n) is 9.65. The van der Waals surface area contributed by atoms with Gasteiger partial charge in [-0.1, -0.05) is 34.8 Å². The number of benzene rings is 2. The fraction of sp³-hybridized carbons (Fsp3) is 0.346. The number of carbonyl (C=O) groups is 2. The van der Waals surface area contributed by atoms with Gasteiger partial charge in [0.2, 0.25) is 0 Å². The van der Waals surface area contributed by atoms with Gasteiger partial charge in [0.05, 0.1) is 33.9 Å². The number of anilines is 1. The molecular weight excluding hydrogens is 523 g/mol. The maximum absolute atomic E-state index is 13.4. The van der Waals surface area contributed by atoms with Gasteiger partial charge >= 0.3 is 6.09 Å². The normalized spacial score (nSPS) is 14.6. The molecule has 1 N–H and O–H groups in total. The number of likely N-dealkylation sites (tertiary alicyclic amines) is 1. The summed E-state index contributed by atoms with van der Waals surface area (Å²) >= 11 is 18.4. The number of nitrogens with zero attached hydrogens (tertiary/aromatic N) is 3. The molecule has 0 aliphatic carbocycles. The summed E-state index contributed by atoms with van der Waals surface area (Å²) in [6.07, 6.45) is 2.52. The van der Waals surface area contributed by atoms with Gasteiger partial charge in [-0.3, -0.25) is 4.79 Å². The monoisotopic (exact) mass is 548 g/mol. The summed E-state index contributed by atoms with van der Waals surface area (Å²) in [6, 6.07) is 12.1. The third-order valence-corrected chi connectivity index (χ3v) is 6.65. The summed E-state index contributed by atoms with van der Waals surface area (Å²) in [6.45, 7) is 6.55. The molecule has 0 spiro atoms. The van der Waals surface area contributed by atoms with Crippen molar-refractivity contribution in [1.82, 2.24) is 14.7 Å². The van der Waals surface area contributed by atoms with Crippen LogP contribution in [-0.2, 0) is 4.74 Å². The van der Waals surface area contributed by atoms with Crippen LogP contribution in [0.15, 0.2) is 48.7 Å². The van der Waals surface area contributed by atoms with E-state index in [1.165, 1.54) is 0 Å². The summed E-state index contributed by atoms with van der Waals surface area (Å²) in [4.78, 5) is 27.7. The molecule has 0 unspecified atom stereocenters. The van der Waals surface area contributed by atoms with Gasteiger partial charge in [-0.15, -0.1) is 0 Å². The molecule has 2 amide bonds. The average Bonchev–Trinajstić information content (AvgIpc) is 3.26. The Balaban J connectivity index is 1.63. The maximum atomic E-state index is 13.4. The molecule has 0 atom stereocenters. The number of hydrogen-bond acceptors (Lipinski definition) is 4. The van der Waals surface area contributed by atoms with Crippen molar-refractivity contribution >= 4 is 52.5 Å². The van der Waals surface area contributed by atoms with E-state index in [1.807, 2.05) is 32.9 Å². The number of halogens is 3. The molecule has 7 nitrogen and oxygen atoms in total. The Labute approximate surface area is 225 Å². The Bertz CT molecular complexity index is 1260. The van der Waals surface area contributed by atoms with Crippen LogP contribution in [0.3, 0.4) is 0 Å². The zero-order valence-electron chi connectivity index (χ0n) is 20.2. The van der Waals surface area contributed by atoms with Crippen molar-refractivity contribution in [2.24, 2.45) is 0 Å². The van der Waals surface area contributed by atoms with Gasteiger partial charge < -0.3 is 15.0 Å². The highest BCUT2D eigenvalue weighted by molar-refractivity contribution is 6.36. The van der Waals surface area contributed by atoms with Crippen molar-refractivity contribution in [1.29, 1.82) is 0 Å². The molecule has 1 aliphatic heterocycles. The van der Waals surface area contributed by atoms with E-state index < -0.39 is 5.60 Å². The topological polar surface area (TPSA) is 76.5 Å².